The summed E-state index contributed by atoms with van der Waals surface area (Å²) in [6, 6.07) is 15.6. The van der Waals surface area contributed by atoms with Crippen LogP contribution < -0.4 is 5.32 Å². The number of hydrogen-bond donors (Lipinski definition) is 2. The number of benzene rings is 2. The van der Waals surface area contributed by atoms with Crippen LogP contribution in [0.25, 0.3) is 0 Å². The summed E-state index contributed by atoms with van der Waals surface area (Å²) in [4.78, 5) is 0. The van der Waals surface area contributed by atoms with Gasteiger partial charge >= 0.3 is 0 Å². The van der Waals surface area contributed by atoms with Crippen molar-refractivity contribution in [2.45, 2.75) is 37.8 Å². The summed E-state index contributed by atoms with van der Waals surface area (Å²) in [5.74, 6) is 0.460. The molecule has 4 rings (SSSR count). The SMILES string of the molecule is Oc1cccc2c1CCC2NC1Cc2ccccc2C1. The molecule has 2 aromatic carbocycles. The van der Waals surface area contributed by atoms with E-state index < -0.39 is 0 Å². The Morgan fingerprint density at radius 3 is 2.45 bits per heavy atom. The van der Waals surface area contributed by atoms with Crippen LogP contribution in [0.15, 0.2) is 42.5 Å². The summed E-state index contributed by atoms with van der Waals surface area (Å²) in [5.41, 5.74) is 5.40. The van der Waals surface area contributed by atoms with Crippen molar-refractivity contribution in [1.82, 2.24) is 5.32 Å². The van der Waals surface area contributed by atoms with Crippen molar-refractivity contribution >= 4 is 0 Å². The van der Waals surface area contributed by atoms with Crippen LogP contribution in [0.1, 0.15) is 34.7 Å². The van der Waals surface area contributed by atoms with Crippen molar-refractivity contribution < 1.29 is 5.11 Å². The van der Waals surface area contributed by atoms with E-state index in [2.05, 4.69) is 35.6 Å². The van der Waals surface area contributed by atoms with Gasteiger partial charge in [0.2, 0.25) is 0 Å². The van der Waals surface area contributed by atoms with Crippen LogP contribution in [-0.2, 0) is 19.3 Å². The Morgan fingerprint density at radius 1 is 0.950 bits per heavy atom. The molecule has 0 fully saturated rings. The average molecular weight is 265 g/mol. The van der Waals surface area contributed by atoms with E-state index in [0.29, 0.717) is 17.8 Å². The normalized spacial score (nSPS) is 20.9. The monoisotopic (exact) mass is 265 g/mol. The largest absolute Gasteiger partial charge is 0.508 e. The minimum absolute atomic E-state index is 0.399. The number of fused-ring (bicyclic) bond motifs is 2. The highest BCUT2D eigenvalue weighted by atomic mass is 16.3. The second kappa shape index (κ2) is 4.64. The smallest absolute Gasteiger partial charge is 0.119 e. The fourth-order valence-electron chi connectivity index (χ4n) is 3.77. The Labute approximate surface area is 119 Å². The molecule has 0 amide bonds. The van der Waals surface area contributed by atoms with E-state index in [1.807, 2.05) is 6.07 Å². The van der Waals surface area contributed by atoms with Crippen LogP contribution in [0.5, 0.6) is 5.75 Å². The molecule has 0 heterocycles. The Bertz CT molecular complexity index is 625. The summed E-state index contributed by atoms with van der Waals surface area (Å²) in [7, 11) is 0. The van der Waals surface area contributed by atoms with E-state index in [1.165, 1.54) is 16.7 Å². The summed E-state index contributed by atoms with van der Waals surface area (Å²) in [5, 5.41) is 13.7. The van der Waals surface area contributed by atoms with Gasteiger partial charge in [0, 0.05) is 12.1 Å². The van der Waals surface area contributed by atoms with Gasteiger partial charge in [-0.25, -0.2) is 0 Å². The number of phenolic OH excluding ortho intramolecular Hbond substituents is 1. The third-order valence-corrected chi connectivity index (χ3v) is 4.73. The second-order valence-corrected chi connectivity index (χ2v) is 5.98. The molecule has 2 nitrogen and oxygen atoms in total. The highest BCUT2D eigenvalue weighted by Crippen LogP contribution is 2.37. The molecule has 2 aliphatic rings. The number of phenols is 1. The third kappa shape index (κ3) is 1.92. The van der Waals surface area contributed by atoms with Gasteiger partial charge in [-0.15, -0.1) is 0 Å². The minimum Gasteiger partial charge on any atom is -0.508 e. The van der Waals surface area contributed by atoms with Crippen molar-refractivity contribution in [3.63, 3.8) is 0 Å². The Morgan fingerprint density at radius 2 is 1.70 bits per heavy atom. The zero-order chi connectivity index (χ0) is 13.5. The lowest BCUT2D eigenvalue weighted by Crippen LogP contribution is -2.32. The van der Waals surface area contributed by atoms with Gasteiger partial charge in [-0.3, -0.25) is 0 Å². The minimum atomic E-state index is 0.399. The van der Waals surface area contributed by atoms with E-state index in [9.17, 15) is 5.11 Å². The van der Waals surface area contributed by atoms with Crippen molar-refractivity contribution in [1.29, 1.82) is 0 Å². The lowest BCUT2D eigenvalue weighted by molar-refractivity contribution is 0.443. The molecule has 1 atom stereocenters. The molecular formula is C18H19NO. The summed E-state index contributed by atoms with van der Waals surface area (Å²) in [6.45, 7) is 0. The Hall–Kier alpha value is -1.80. The van der Waals surface area contributed by atoms with Crippen LogP contribution in [0.3, 0.4) is 0 Å². The first kappa shape index (κ1) is 12.0. The molecule has 2 aliphatic carbocycles. The highest BCUT2D eigenvalue weighted by Gasteiger charge is 2.29. The van der Waals surface area contributed by atoms with Gasteiger partial charge in [0.1, 0.15) is 5.75 Å². The van der Waals surface area contributed by atoms with Crippen molar-refractivity contribution in [3.8, 4) is 5.75 Å². The lowest BCUT2D eigenvalue weighted by atomic mass is 10.1. The van der Waals surface area contributed by atoms with Gasteiger partial charge in [-0.1, -0.05) is 36.4 Å². The molecule has 2 aromatic rings. The topological polar surface area (TPSA) is 32.3 Å². The first-order chi connectivity index (χ1) is 9.81. The molecule has 0 aliphatic heterocycles. The Kier molecular flexibility index (Phi) is 2.78. The van der Waals surface area contributed by atoms with Crippen molar-refractivity contribution in [2.75, 3.05) is 0 Å². The van der Waals surface area contributed by atoms with Gasteiger partial charge < -0.3 is 10.4 Å². The number of nitrogens with one attached hydrogen (secondary N) is 1. The molecule has 0 radical (unpaired) electrons. The van der Waals surface area contributed by atoms with Gasteiger partial charge in [0.25, 0.3) is 0 Å². The van der Waals surface area contributed by atoms with E-state index in [0.717, 1.165) is 31.2 Å². The maximum absolute atomic E-state index is 9.92. The maximum atomic E-state index is 9.92. The molecule has 20 heavy (non-hydrogen) atoms. The number of rotatable bonds is 2. The van der Waals surface area contributed by atoms with E-state index >= 15 is 0 Å². The molecule has 2 N–H and O–H groups in total. The molecule has 0 spiro atoms. The molecule has 0 aromatic heterocycles. The molecule has 0 saturated carbocycles. The van der Waals surface area contributed by atoms with Gasteiger partial charge in [-0.05, 0) is 54.0 Å². The number of aromatic hydroxyl groups is 1. The predicted molar refractivity (Wildman–Crippen MR) is 79.9 cm³/mol. The maximum Gasteiger partial charge on any atom is 0.119 e. The van der Waals surface area contributed by atoms with Crippen LogP contribution in [0.2, 0.25) is 0 Å². The van der Waals surface area contributed by atoms with Crippen LogP contribution >= 0.6 is 0 Å². The van der Waals surface area contributed by atoms with Crippen LogP contribution in [-0.4, -0.2) is 11.1 Å². The molecule has 1 unspecified atom stereocenters. The summed E-state index contributed by atoms with van der Waals surface area (Å²) < 4.78 is 0. The van der Waals surface area contributed by atoms with Gasteiger partial charge in [0.05, 0.1) is 0 Å². The van der Waals surface area contributed by atoms with E-state index in [-0.39, 0.29) is 0 Å². The fraction of sp³-hybridized carbons (Fsp3) is 0.333. The first-order valence-corrected chi connectivity index (χ1v) is 7.45. The van der Waals surface area contributed by atoms with E-state index in [1.54, 1.807) is 6.07 Å². The molecular weight excluding hydrogens is 246 g/mol. The molecule has 2 heteroatoms. The van der Waals surface area contributed by atoms with Crippen molar-refractivity contribution in [3.05, 3.63) is 64.7 Å². The summed E-state index contributed by atoms with van der Waals surface area (Å²) in [6.07, 6.45) is 4.33. The predicted octanol–water partition coefficient (Wildman–Crippen LogP) is 3.14. The number of hydrogen-bond acceptors (Lipinski definition) is 2. The Balaban J connectivity index is 1.52. The third-order valence-electron chi connectivity index (χ3n) is 4.73. The molecule has 0 saturated heterocycles. The average Bonchev–Trinajstić information content (AvgIpc) is 3.04. The van der Waals surface area contributed by atoms with Crippen LogP contribution in [0, 0.1) is 0 Å². The lowest BCUT2D eigenvalue weighted by Gasteiger charge is -2.19. The van der Waals surface area contributed by atoms with Crippen LogP contribution in [0.4, 0.5) is 0 Å². The standard InChI is InChI=1S/C18H19NO/c20-18-7-3-6-15-16(18)8-9-17(15)19-14-10-12-4-1-2-5-13(12)11-14/h1-7,14,17,19-20H,8-11H2. The first-order valence-electron chi connectivity index (χ1n) is 7.45. The second-order valence-electron chi connectivity index (χ2n) is 5.98. The summed E-state index contributed by atoms with van der Waals surface area (Å²) >= 11 is 0. The zero-order valence-corrected chi connectivity index (χ0v) is 11.5. The zero-order valence-electron chi connectivity index (χ0n) is 11.5. The van der Waals surface area contributed by atoms with E-state index in [4.69, 9.17) is 0 Å². The quantitative estimate of drug-likeness (QED) is 0.874. The molecule has 102 valence electrons. The van der Waals surface area contributed by atoms with Gasteiger partial charge in [0.15, 0.2) is 0 Å². The van der Waals surface area contributed by atoms with Gasteiger partial charge in [-0.2, -0.15) is 0 Å². The molecule has 0 bridgehead atoms. The van der Waals surface area contributed by atoms with Crippen molar-refractivity contribution in [2.24, 2.45) is 0 Å². The highest BCUT2D eigenvalue weighted by molar-refractivity contribution is 5.44. The fourth-order valence-corrected chi connectivity index (χ4v) is 3.77.